The molecular formula is C13H14N4O3S. The summed E-state index contributed by atoms with van der Waals surface area (Å²) in [6.07, 6.45) is 4.57. The minimum absolute atomic E-state index is 0.199. The maximum absolute atomic E-state index is 11.5. The molecule has 21 heavy (non-hydrogen) atoms. The Morgan fingerprint density at radius 2 is 2.14 bits per heavy atom. The van der Waals surface area contributed by atoms with E-state index in [1.807, 2.05) is 0 Å². The molecule has 1 aromatic carbocycles. The molecule has 2 N–H and O–H groups in total. The van der Waals surface area contributed by atoms with Crippen molar-refractivity contribution < 1.29 is 12.8 Å². The number of rotatable bonds is 3. The number of nitrogens with two attached hydrogens (primary N) is 1. The summed E-state index contributed by atoms with van der Waals surface area (Å²) in [6, 6.07) is 4.00. The van der Waals surface area contributed by atoms with Gasteiger partial charge >= 0.3 is 0 Å². The molecule has 0 radical (unpaired) electrons. The van der Waals surface area contributed by atoms with E-state index in [0.29, 0.717) is 17.0 Å². The normalized spacial score (nSPS) is 13.7. The van der Waals surface area contributed by atoms with Gasteiger partial charge in [0.15, 0.2) is 15.4 Å². The summed E-state index contributed by atoms with van der Waals surface area (Å²) in [5.41, 5.74) is 7.82. The monoisotopic (exact) mass is 306 g/mol. The Bertz CT molecular complexity index is 911. The summed E-state index contributed by atoms with van der Waals surface area (Å²) in [7, 11) is -1.49. The summed E-state index contributed by atoms with van der Waals surface area (Å²) in [5.74, 6) is 0.323. The highest BCUT2D eigenvalue weighted by Gasteiger charge is 2.18. The molecule has 0 aliphatic heterocycles. The first-order chi connectivity index (χ1) is 9.84. The molecule has 0 bridgehead atoms. The third-order valence-corrected chi connectivity index (χ3v) is 4.26. The molecular weight excluding hydrogens is 292 g/mol. The highest BCUT2D eigenvalue weighted by molar-refractivity contribution is 7.90. The van der Waals surface area contributed by atoms with E-state index < -0.39 is 15.9 Å². The van der Waals surface area contributed by atoms with Gasteiger partial charge in [0.1, 0.15) is 11.6 Å². The van der Waals surface area contributed by atoms with Gasteiger partial charge in [-0.05, 0) is 18.2 Å². The quantitative estimate of drug-likeness (QED) is 0.774. The smallest absolute Gasteiger partial charge is 0.217 e. The van der Waals surface area contributed by atoms with Crippen molar-refractivity contribution in [2.24, 2.45) is 12.8 Å². The first-order valence-corrected chi connectivity index (χ1v) is 8.08. The molecule has 1 unspecified atom stereocenters. The average molecular weight is 306 g/mol. The van der Waals surface area contributed by atoms with Crippen LogP contribution in [0.5, 0.6) is 0 Å². The standard InChI is InChI=1S/C13H14N4O3S/c1-17-7-8(6-15-17)12(14)13-16-10-5-9(21(2,18)19)3-4-11(10)20-13/h3-7,12H,14H2,1-2H3. The molecule has 0 aliphatic carbocycles. The minimum Gasteiger partial charge on any atom is -0.439 e. The van der Waals surface area contributed by atoms with Gasteiger partial charge < -0.3 is 10.2 Å². The fraction of sp³-hybridized carbons (Fsp3) is 0.231. The van der Waals surface area contributed by atoms with Crippen molar-refractivity contribution in [1.29, 1.82) is 0 Å². The molecule has 0 spiro atoms. The molecule has 0 amide bonds. The minimum atomic E-state index is -3.28. The second-order valence-corrected chi connectivity index (χ2v) is 6.89. The van der Waals surface area contributed by atoms with Gasteiger partial charge in [0.2, 0.25) is 5.89 Å². The van der Waals surface area contributed by atoms with Crippen molar-refractivity contribution in [1.82, 2.24) is 14.8 Å². The molecule has 1 atom stereocenters. The zero-order valence-corrected chi connectivity index (χ0v) is 12.3. The average Bonchev–Trinajstić information content (AvgIpc) is 3.01. The fourth-order valence-corrected chi connectivity index (χ4v) is 2.67. The van der Waals surface area contributed by atoms with Crippen LogP contribution in [0.4, 0.5) is 0 Å². The molecule has 7 nitrogen and oxygen atoms in total. The predicted molar refractivity (Wildman–Crippen MR) is 76.4 cm³/mol. The lowest BCUT2D eigenvalue weighted by molar-refractivity contribution is 0.505. The Hall–Kier alpha value is -2.19. The number of nitrogens with zero attached hydrogens (tertiary/aromatic N) is 3. The zero-order chi connectivity index (χ0) is 15.2. The van der Waals surface area contributed by atoms with Gasteiger partial charge in [0, 0.05) is 25.1 Å². The van der Waals surface area contributed by atoms with Crippen molar-refractivity contribution in [3.8, 4) is 0 Å². The van der Waals surface area contributed by atoms with E-state index >= 15 is 0 Å². The largest absolute Gasteiger partial charge is 0.439 e. The third kappa shape index (κ3) is 2.55. The van der Waals surface area contributed by atoms with E-state index in [0.717, 1.165) is 11.8 Å². The van der Waals surface area contributed by atoms with Gasteiger partial charge in [-0.1, -0.05) is 0 Å². The number of aromatic nitrogens is 3. The van der Waals surface area contributed by atoms with Gasteiger partial charge in [0.05, 0.1) is 11.1 Å². The molecule has 0 fully saturated rings. The third-order valence-electron chi connectivity index (χ3n) is 3.15. The van der Waals surface area contributed by atoms with E-state index in [2.05, 4.69) is 10.1 Å². The van der Waals surface area contributed by atoms with Crippen LogP contribution < -0.4 is 5.73 Å². The topological polar surface area (TPSA) is 104 Å². The van der Waals surface area contributed by atoms with E-state index in [4.69, 9.17) is 10.2 Å². The number of hydrogen-bond donors (Lipinski definition) is 1. The SMILES string of the molecule is Cn1cc(C(N)c2nc3cc(S(C)(=O)=O)ccc3o2)cn1. The molecule has 8 heteroatoms. The predicted octanol–water partition coefficient (Wildman–Crippen LogP) is 1.01. The number of fused-ring (bicyclic) bond motifs is 1. The van der Waals surface area contributed by atoms with E-state index in [-0.39, 0.29) is 4.90 Å². The van der Waals surface area contributed by atoms with Gasteiger partial charge in [-0.25, -0.2) is 13.4 Å². The van der Waals surface area contributed by atoms with Crippen LogP contribution in [0, 0.1) is 0 Å². The van der Waals surface area contributed by atoms with Crippen molar-refractivity contribution >= 4 is 20.9 Å². The first kappa shape index (κ1) is 13.8. The summed E-state index contributed by atoms with van der Waals surface area (Å²) in [6.45, 7) is 0. The zero-order valence-electron chi connectivity index (χ0n) is 11.5. The Balaban J connectivity index is 2.05. The molecule has 0 aliphatic rings. The van der Waals surface area contributed by atoms with Crippen LogP contribution in [-0.4, -0.2) is 29.4 Å². The van der Waals surface area contributed by atoms with Crippen LogP contribution in [0.25, 0.3) is 11.1 Å². The second kappa shape index (κ2) is 4.68. The summed E-state index contributed by atoms with van der Waals surface area (Å²) < 4.78 is 30.3. The Morgan fingerprint density at radius 3 is 2.76 bits per heavy atom. The number of hydrogen-bond acceptors (Lipinski definition) is 6. The summed E-state index contributed by atoms with van der Waals surface area (Å²) in [5, 5.41) is 4.05. The van der Waals surface area contributed by atoms with E-state index in [9.17, 15) is 8.42 Å². The van der Waals surface area contributed by atoms with Gasteiger partial charge in [-0.2, -0.15) is 5.10 Å². The molecule has 3 rings (SSSR count). The Morgan fingerprint density at radius 1 is 1.38 bits per heavy atom. The highest BCUT2D eigenvalue weighted by Crippen LogP contribution is 2.25. The van der Waals surface area contributed by atoms with Crippen molar-refractivity contribution in [3.05, 3.63) is 42.0 Å². The van der Waals surface area contributed by atoms with E-state index in [1.54, 1.807) is 30.2 Å². The first-order valence-electron chi connectivity index (χ1n) is 6.19. The number of aryl methyl sites for hydroxylation is 1. The van der Waals surface area contributed by atoms with Crippen LogP contribution in [0.3, 0.4) is 0 Å². The van der Waals surface area contributed by atoms with Crippen molar-refractivity contribution in [2.45, 2.75) is 10.9 Å². The van der Waals surface area contributed by atoms with Crippen molar-refractivity contribution in [3.63, 3.8) is 0 Å². The van der Waals surface area contributed by atoms with Crippen LogP contribution in [0.15, 0.2) is 39.9 Å². The van der Waals surface area contributed by atoms with Crippen LogP contribution >= 0.6 is 0 Å². The maximum Gasteiger partial charge on any atom is 0.217 e. The fourth-order valence-electron chi connectivity index (χ4n) is 2.03. The maximum atomic E-state index is 11.5. The lowest BCUT2D eigenvalue weighted by Crippen LogP contribution is -2.11. The van der Waals surface area contributed by atoms with E-state index in [1.165, 1.54) is 12.1 Å². The number of benzene rings is 1. The molecule has 2 heterocycles. The lowest BCUT2D eigenvalue weighted by atomic mass is 10.2. The Kier molecular flexibility index (Phi) is 3.07. The lowest BCUT2D eigenvalue weighted by Gasteiger charge is -2.02. The number of oxazole rings is 1. The van der Waals surface area contributed by atoms with Crippen LogP contribution in [0.1, 0.15) is 17.5 Å². The molecule has 2 aromatic heterocycles. The van der Waals surface area contributed by atoms with Gasteiger partial charge in [-0.15, -0.1) is 0 Å². The molecule has 3 aromatic rings. The summed E-state index contributed by atoms with van der Waals surface area (Å²) >= 11 is 0. The van der Waals surface area contributed by atoms with Crippen LogP contribution in [0.2, 0.25) is 0 Å². The number of sulfone groups is 1. The second-order valence-electron chi connectivity index (χ2n) is 4.88. The summed E-state index contributed by atoms with van der Waals surface area (Å²) in [4.78, 5) is 4.48. The van der Waals surface area contributed by atoms with Gasteiger partial charge in [-0.3, -0.25) is 4.68 Å². The van der Waals surface area contributed by atoms with Gasteiger partial charge in [0.25, 0.3) is 0 Å². The molecule has 0 saturated heterocycles. The molecule has 0 saturated carbocycles. The Labute approximate surface area is 121 Å². The highest BCUT2D eigenvalue weighted by atomic mass is 32.2. The van der Waals surface area contributed by atoms with Crippen molar-refractivity contribution in [2.75, 3.05) is 6.26 Å². The molecule has 110 valence electrons. The van der Waals surface area contributed by atoms with Crippen LogP contribution in [-0.2, 0) is 16.9 Å².